The molecular weight excluding hydrogens is 384 g/mol. The van der Waals surface area contributed by atoms with Crippen LogP contribution in [0.25, 0.3) is 17.3 Å². The van der Waals surface area contributed by atoms with Gasteiger partial charge >= 0.3 is 0 Å². The zero-order valence-electron chi connectivity index (χ0n) is 16.8. The number of rotatable bonds is 6. The second kappa shape index (κ2) is 8.16. The number of nitrogens with zero attached hydrogens (tertiary/aromatic N) is 5. The lowest BCUT2D eigenvalue weighted by molar-refractivity contribution is 0.0950. The molecule has 3 aromatic heterocycles. The summed E-state index contributed by atoms with van der Waals surface area (Å²) in [5.41, 5.74) is 2.82. The van der Waals surface area contributed by atoms with E-state index in [0.717, 1.165) is 11.3 Å². The number of ether oxygens (including phenoxy) is 1. The minimum atomic E-state index is -0.209. The maximum atomic E-state index is 12.6. The monoisotopic (exact) mass is 404 g/mol. The molecule has 152 valence electrons. The van der Waals surface area contributed by atoms with Crippen LogP contribution in [0.5, 0.6) is 5.75 Å². The Hall–Kier alpha value is -4.01. The number of carbonyl (C=O) groups is 1. The van der Waals surface area contributed by atoms with E-state index in [4.69, 9.17) is 9.26 Å². The molecule has 0 bridgehead atoms. The van der Waals surface area contributed by atoms with Gasteiger partial charge < -0.3 is 14.6 Å². The van der Waals surface area contributed by atoms with Gasteiger partial charge in [0.1, 0.15) is 5.75 Å². The Labute approximate surface area is 172 Å². The first-order valence-corrected chi connectivity index (χ1v) is 9.28. The van der Waals surface area contributed by atoms with Crippen molar-refractivity contribution in [2.75, 3.05) is 7.11 Å². The van der Waals surface area contributed by atoms with Crippen LogP contribution in [0.15, 0.2) is 53.3 Å². The SMILES string of the molecule is COc1cccc(CNC(=O)c2cnn(-c3ccc(-c4nc(C)no4)cn3)c2C)c1. The Bertz CT molecular complexity index is 1180. The third-order valence-corrected chi connectivity index (χ3v) is 4.58. The highest BCUT2D eigenvalue weighted by Crippen LogP contribution is 2.19. The maximum Gasteiger partial charge on any atom is 0.259 e. The van der Waals surface area contributed by atoms with E-state index in [2.05, 4.69) is 25.5 Å². The van der Waals surface area contributed by atoms with Crippen molar-refractivity contribution in [1.29, 1.82) is 0 Å². The van der Waals surface area contributed by atoms with Crippen molar-refractivity contribution in [3.05, 3.63) is 71.4 Å². The summed E-state index contributed by atoms with van der Waals surface area (Å²) < 4.78 is 12.0. The Morgan fingerprint density at radius 1 is 1.20 bits per heavy atom. The van der Waals surface area contributed by atoms with Crippen LogP contribution >= 0.6 is 0 Å². The van der Waals surface area contributed by atoms with Crippen molar-refractivity contribution in [3.63, 3.8) is 0 Å². The van der Waals surface area contributed by atoms with Crippen LogP contribution in [0.2, 0.25) is 0 Å². The highest BCUT2D eigenvalue weighted by Gasteiger charge is 2.16. The fourth-order valence-electron chi connectivity index (χ4n) is 2.98. The van der Waals surface area contributed by atoms with Crippen LogP contribution in [0.4, 0.5) is 0 Å². The average Bonchev–Trinajstić information content (AvgIpc) is 3.38. The minimum absolute atomic E-state index is 0.209. The van der Waals surface area contributed by atoms with Crippen molar-refractivity contribution >= 4 is 5.91 Å². The first-order chi connectivity index (χ1) is 14.5. The van der Waals surface area contributed by atoms with E-state index in [1.807, 2.05) is 37.3 Å². The molecule has 9 nitrogen and oxygen atoms in total. The number of aromatic nitrogens is 5. The smallest absolute Gasteiger partial charge is 0.259 e. The summed E-state index contributed by atoms with van der Waals surface area (Å²) in [4.78, 5) is 21.2. The molecule has 0 atom stereocenters. The zero-order valence-corrected chi connectivity index (χ0v) is 16.8. The van der Waals surface area contributed by atoms with Crippen molar-refractivity contribution in [2.45, 2.75) is 20.4 Å². The molecule has 30 heavy (non-hydrogen) atoms. The summed E-state index contributed by atoms with van der Waals surface area (Å²) in [7, 11) is 1.61. The Kier molecular flexibility index (Phi) is 5.25. The van der Waals surface area contributed by atoms with Crippen LogP contribution in [0.3, 0.4) is 0 Å². The maximum absolute atomic E-state index is 12.6. The zero-order chi connectivity index (χ0) is 21.1. The summed E-state index contributed by atoms with van der Waals surface area (Å²) in [5, 5.41) is 11.0. The van der Waals surface area contributed by atoms with Gasteiger partial charge in [-0.25, -0.2) is 9.67 Å². The molecule has 0 radical (unpaired) electrons. The summed E-state index contributed by atoms with van der Waals surface area (Å²) in [6.07, 6.45) is 3.17. The second-order valence-electron chi connectivity index (χ2n) is 6.64. The predicted octanol–water partition coefficient (Wildman–Crippen LogP) is 2.87. The highest BCUT2D eigenvalue weighted by atomic mass is 16.5. The van der Waals surface area contributed by atoms with E-state index in [1.54, 1.807) is 31.0 Å². The lowest BCUT2D eigenvalue weighted by Crippen LogP contribution is -2.23. The summed E-state index contributed by atoms with van der Waals surface area (Å²) in [6.45, 7) is 3.96. The Balaban J connectivity index is 1.48. The largest absolute Gasteiger partial charge is 0.497 e. The van der Waals surface area contributed by atoms with Gasteiger partial charge in [0.25, 0.3) is 11.8 Å². The molecule has 1 amide bonds. The third-order valence-electron chi connectivity index (χ3n) is 4.58. The van der Waals surface area contributed by atoms with Gasteiger partial charge in [0.2, 0.25) is 0 Å². The number of amides is 1. The van der Waals surface area contributed by atoms with Crippen LogP contribution in [-0.4, -0.2) is 37.9 Å². The molecule has 0 saturated heterocycles. The number of aryl methyl sites for hydroxylation is 1. The molecule has 4 aromatic rings. The van der Waals surface area contributed by atoms with Gasteiger partial charge in [0.15, 0.2) is 11.6 Å². The summed E-state index contributed by atoms with van der Waals surface area (Å²) in [6, 6.07) is 11.2. The van der Waals surface area contributed by atoms with Crippen molar-refractivity contribution in [2.24, 2.45) is 0 Å². The van der Waals surface area contributed by atoms with Crippen LogP contribution in [0.1, 0.15) is 27.4 Å². The second-order valence-corrected chi connectivity index (χ2v) is 6.64. The molecule has 0 spiro atoms. The van der Waals surface area contributed by atoms with Crippen molar-refractivity contribution in [3.8, 4) is 23.0 Å². The first-order valence-electron chi connectivity index (χ1n) is 9.28. The van der Waals surface area contributed by atoms with Gasteiger partial charge in [-0.2, -0.15) is 10.1 Å². The predicted molar refractivity (Wildman–Crippen MR) is 108 cm³/mol. The lowest BCUT2D eigenvalue weighted by Gasteiger charge is -2.07. The minimum Gasteiger partial charge on any atom is -0.497 e. The number of hydrogen-bond donors (Lipinski definition) is 1. The van der Waals surface area contributed by atoms with Gasteiger partial charge in [-0.3, -0.25) is 4.79 Å². The molecule has 0 aliphatic heterocycles. The van der Waals surface area contributed by atoms with Crippen molar-refractivity contribution < 1.29 is 14.1 Å². The standard InChI is InChI=1S/C21H20N6O3/c1-13-18(20(28)23-10-15-5-4-6-17(9-15)29-3)12-24-27(13)19-8-7-16(11-22-19)21-25-14(2)26-30-21/h4-9,11-12H,10H2,1-3H3,(H,23,28). The van der Waals surface area contributed by atoms with E-state index in [0.29, 0.717) is 40.9 Å². The third kappa shape index (κ3) is 3.90. The Morgan fingerprint density at radius 3 is 2.77 bits per heavy atom. The molecule has 1 aromatic carbocycles. The topological polar surface area (TPSA) is 108 Å². The normalized spacial score (nSPS) is 10.8. The molecule has 0 unspecified atom stereocenters. The highest BCUT2D eigenvalue weighted by molar-refractivity contribution is 5.95. The van der Waals surface area contributed by atoms with Gasteiger partial charge in [-0.15, -0.1) is 0 Å². The fourth-order valence-corrected chi connectivity index (χ4v) is 2.98. The van der Waals surface area contributed by atoms with E-state index >= 15 is 0 Å². The average molecular weight is 404 g/mol. The quantitative estimate of drug-likeness (QED) is 0.526. The van der Waals surface area contributed by atoms with Crippen LogP contribution in [-0.2, 0) is 6.54 Å². The number of pyridine rings is 1. The van der Waals surface area contributed by atoms with Gasteiger partial charge in [0.05, 0.1) is 30.1 Å². The Morgan fingerprint density at radius 2 is 2.07 bits per heavy atom. The molecule has 1 N–H and O–H groups in total. The summed E-state index contributed by atoms with van der Waals surface area (Å²) >= 11 is 0. The van der Waals surface area contributed by atoms with Crippen LogP contribution < -0.4 is 10.1 Å². The van der Waals surface area contributed by atoms with Gasteiger partial charge in [0, 0.05) is 12.7 Å². The molecule has 0 fully saturated rings. The van der Waals surface area contributed by atoms with Crippen LogP contribution in [0, 0.1) is 13.8 Å². The number of methoxy groups -OCH3 is 1. The van der Waals surface area contributed by atoms with Gasteiger partial charge in [-0.1, -0.05) is 17.3 Å². The first kappa shape index (κ1) is 19.3. The molecule has 0 aliphatic carbocycles. The van der Waals surface area contributed by atoms with E-state index in [9.17, 15) is 4.79 Å². The van der Waals surface area contributed by atoms with E-state index in [1.165, 1.54) is 6.20 Å². The van der Waals surface area contributed by atoms with Gasteiger partial charge in [-0.05, 0) is 43.7 Å². The number of benzene rings is 1. The lowest BCUT2D eigenvalue weighted by atomic mass is 10.2. The number of hydrogen-bond acceptors (Lipinski definition) is 7. The molecular formula is C21H20N6O3. The summed E-state index contributed by atoms with van der Waals surface area (Å²) in [5.74, 6) is 2.08. The van der Waals surface area contributed by atoms with E-state index < -0.39 is 0 Å². The molecule has 9 heteroatoms. The number of nitrogens with one attached hydrogen (secondary N) is 1. The molecule has 3 heterocycles. The number of carbonyl (C=O) groups excluding carboxylic acids is 1. The molecule has 0 aliphatic rings. The van der Waals surface area contributed by atoms with E-state index in [-0.39, 0.29) is 5.91 Å². The molecule has 4 rings (SSSR count). The van der Waals surface area contributed by atoms with Crippen molar-refractivity contribution in [1.82, 2.24) is 30.2 Å². The molecule has 0 saturated carbocycles. The fraction of sp³-hybridized carbons (Fsp3) is 0.190.